The zero-order chi connectivity index (χ0) is 22.8. The van der Waals surface area contributed by atoms with Gasteiger partial charge in [-0.1, -0.05) is 66.5 Å². The van der Waals surface area contributed by atoms with Gasteiger partial charge in [-0.3, -0.25) is 18.9 Å². The second kappa shape index (κ2) is 9.10. The van der Waals surface area contributed by atoms with Gasteiger partial charge in [0.25, 0.3) is 11.5 Å². The van der Waals surface area contributed by atoms with Crippen molar-refractivity contribution in [2.75, 3.05) is 11.9 Å². The Labute approximate surface area is 195 Å². The molecule has 1 aliphatic heterocycles. The van der Waals surface area contributed by atoms with E-state index >= 15 is 0 Å². The van der Waals surface area contributed by atoms with E-state index < -0.39 is 0 Å². The van der Waals surface area contributed by atoms with Crippen LogP contribution in [0, 0.1) is 6.92 Å². The number of carbonyl (C=O) groups is 1. The Hall–Kier alpha value is -3.23. The van der Waals surface area contributed by atoms with Crippen molar-refractivity contribution in [1.29, 1.82) is 0 Å². The Morgan fingerprint density at radius 2 is 1.97 bits per heavy atom. The van der Waals surface area contributed by atoms with Gasteiger partial charge in [0.05, 0.1) is 16.5 Å². The maximum atomic E-state index is 13.3. The molecule has 4 rings (SSSR count). The van der Waals surface area contributed by atoms with Crippen LogP contribution in [0.25, 0.3) is 11.7 Å². The van der Waals surface area contributed by atoms with Crippen LogP contribution in [-0.4, -0.2) is 31.1 Å². The van der Waals surface area contributed by atoms with E-state index in [2.05, 4.69) is 16.9 Å². The molecule has 0 radical (unpaired) electrons. The molecular weight excluding hydrogens is 440 g/mol. The molecule has 1 atom stereocenters. The molecule has 8 heteroatoms. The number of amides is 1. The van der Waals surface area contributed by atoms with E-state index in [-0.39, 0.29) is 17.5 Å². The quantitative estimate of drug-likeness (QED) is 0.329. The molecule has 2 aromatic heterocycles. The summed E-state index contributed by atoms with van der Waals surface area (Å²) in [7, 11) is 0. The number of hydrogen-bond acceptors (Lipinski definition) is 6. The van der Waals surface area contributed by atoms with E-state index in [1.54, 1.807) is 29.3 Å². The average molecular weight is 463 g/mol. The maximum Gasteiger partial charge on any atom is 0.267 e. The predicted octanol–water partition coefficient (Wildman–Crippen LogP) is 4.56. The van der Waals surface area contributed by atoms with Crippen LogP contribution in [0.1, 0.15) is 29.7 Å². The Bertz CT molecular complexity index is 1310. The topological polar surface area (TPSA) is 66.7 Å². The number of thiocarbonyl (C=S) groups is 1. The molecule has 0 saturated carbocycles. The molecule has 1 aliphatic rings. The van der Waals surface area contributed by atoms with Crippen LogP contribution in [0.2, 0.25) is 0 Å². The molecule has 3 heterocycles. The average Bonchev–Trinajstić information content (AvgIpc) is 3.07. The Morgan fingerprint density at radius 3 is 2.69 bits per heavy atom. The third-order valence-corrected chi connectivity index (χ3v) is 6.52. The van der Waals surface area contributed by atoms with Crippen LogP contribution in [0.4, 0.5) is 5.82 Å². The number of fused-ring (bicyclic) bond motifs is 1. The van der Waals surface area contributed by atoms with E-state index in [1.807, 2.05) is 50.2 Å². The van der Waals surface area contributed by atoms with Crippen molar-refractivity contribution in [3.63, 3.8) is 0 Å². The van der Waals surface area contributed by atoms with E-state index in [1.165, 1.54) is 16.2 Å². The summed E-state index contributed by atoms with van der Waals surface area (Å²) < 4.78 is 1.95. The van der Waals surface area contributed by atoms with E-state index in [4.69, 9.17) is 12.2 Å². The fourth-order valence-corrected chi connectivity index (χ4v) is 4.92. The SMILES string of the molecule is C=CCNc1nc2ccc(C)cn2c(=O)c1C=C1SC(=S)N(C(C)c2ccccc2)C1=O. The van der Waals surface area contributed by atoms with Crippen molar-refractivity contribution in [2.24, 2.45) is 0 Å². The molecule has 3 aromatic rings. The molecule has 1 amide bonds. The molecule has 0 bridgehead atoms. The lowest BCUT2D eigenvalue weighted by atomic mass is 10.1. The summed E-state index contributed by atoms with van der Waals surface area (Å²) in [5.74, 6) is 0.180. The lowest BCUT2D eigenvalue weighted by molar-refractivity contribution is -0.123. The van der Waals surface area contributed by atoms with Crippen molar-refractivity contribution in [3.8, 4) is 0 Å². The first kappa shape index (κ1) is 22.0. The van der Waals surface area contributed by atoms with E-state index in [9.17, 15) is 9.59 Å². The predicted molar refractivity (Wildman–Crippen MR) is 135 cm³/mol. The second-order valence-corrected chi connectivity index (χ2v) is 9.10. The number of hydrogen-bond donors (Lipinski definition) is 1. The minimum absolute atomic E-state index is 0.216. The summed E-state index contributed by atoms with van der Waals surface area (Å²) in [6, 6.07) is 13.2. The fourth-order valence-electron chi connectivity index (χ4n) is 3.52. The highest BCUT2D eigenvalue weighted by molar-refractivity contribution is 8.26. The van der Waals surface area contributed by atoms with Gasteiger partial charge in [0.1, 0.15) is 15.8 Å². The number of carbonyl (C=O) groups excluding carboxylic acids is 1. The lowest BCUT2D eigenvalue weighted by Crippen LogP contribution is -2.31. The first-order valence-corrected chi connectivity index (χ1v) is 11.3. The van der Waals surface area contributed by atoms with Crippen molar-refractivity contribution < 1.29 is 4.79 Å². The molecule has 0 spiro atoms. The highest BCUT2D eigenvalue weighted by Crippen LogP contribution is 2.38. The van der Waals surface area contributed by atoms with Gasteiger partial charge in [0, 0.05) is 12.7 Å². The van der Waals surface area contributed by atoms with Gasteiger partial charge in [-0.25, -0.2) is 4.98 Å². The van der Waals surface area contributed by atoms with Crippen molar-refractivity contribution in [1.82, 2.24) is 14.3 Å². The van der Waals surface area contributed by atoms with Crippen molar-refractivity contribution >= 4 is 51.7 Å². The first-order chi connectivity index (χ1) is 15.4. The highest BCUT2D eigenvalue weighted by Gasteiger charge is 2.36. The van der Waals surface area contributed by atoms with Crippen LogP contribution in [-0.2, 0) is 4.79 Å². The fraction of sp³-hybridized carbons (Fsp3) is 0.167. The summed E-state index contributed by atoms with van der Waals surface area (Å²) in [5, 5.41) is 3.12. The molecule has 162 valence electrons. The Morgan fingerprint density at radius 1 is 1.22 bits per heavy atom. The number of aryl methyl sites for hydroxylation is 1. The minimum atomic E-state index is -0.258. The minimum Gasteiger partial charge on any atom is -0.366 e. The molecular formula is C24H22N4O2S2. The third kappa shape index (κ3) is 4.11. The Kier molecular flexibility index (Phi) is 6.25. The normalized spacial score (nSPS) is 16.1. The summed E-state index contributed by atoms with van der Waals surface area (Å²) >= 11 is 6.71. The number of pyridine rings is 1. The molecule has 1 saturated heterocycles. The highest BCUT2D eigenvalue weighted by atomic mass is 32.2. The number of nitrogens with zero attached hydrogens (tertiary/aromatic N) is 3. The summed E-state index contributed by atoms with van der Waals surface area (Å²) in [6.07, 6.45) is 5.01. The molecule has 1 fully saturated rings. The monoisotopic (exact) mass is 462 g/mol. The number of aromatic nitrogens is 2. The lowest BCUT2D eigenvalue weighted by Gasteiger charge is -2.23. The molecule has 1 aromatic carbocycles. The van der Waals surface area contributed by atoms with E-state index in [0.717, 1.165) is 11.1 Å². The summed E-state index contributed by atoms with van der Waals surface area (Å²) in [5.41, 5.74) is 2.49. The summed E-state index contributed by atoms with van der Waals surface area (Å²) in [4.78, 5) is 33.2. The number of nitrogens with one attached hydrogen (secondary N) is 1. The van der Waals surface area contributed by atoms with Crippen LogP contribution in [0.15, 0.2) is 71.0 Å². The standard InChI is InChI=1S/C24H22N4O2S2/c1-4-12-25-21-18(22(29)27-14-15(2)10-11-20(27)26-21)13-19-23(30)28(24(31)32-19)16(3)17-8-6-5-7-9-17/h4-11,13-14,16,25H,1,12H2,2-3H3. The molecule has 1 unspecified atom stereocenters. The zero-order valence-corrected chi connectivity index (χ0v) is 19.4. The van der Waals surface area contributed by atoms with Gasteiger partial charge in [0.2, 0.25) is 0 Å². The molecule has 0 aliphatic carbocycles. The number of anilines is 1. The van der Waals surface area contributed by atoms with Gasteiger partial charge in [-0.05, 0) is 37.1 Å². The molecule has 6 nitrogen and oxygen atoms in total. The number of rotatable bonds is 6. The molecule has 32 heavy (non-hydrogen) atoms. The van der Waals surface area contributed by atoms with Gasteiger partial charge in [-0.2, -0.15) is 0 Å². The van der Waals surface area contributed by atoms with Gasteiger partial charge in [0.15, 0.2) is 0 Å². The van der Waals surface area contributed by atoms with Crippen molar-refractivity contribution in [3.05, 3.63) is 93.3 Å². The third-order valence-electron chi connectivity index (χ3n) is 5.19. The smallest absolute Gasteiger partial charge is 0.267 e. The van der Waals surface area contributed by atoms with E-state index in [0.29, 0.717) is 32.8 Å². The number of benzene rings is 1. The van der Waals surface area contributed by atoms with Gasteiger partial charge < -0.3 is 5.32 Å². The second-order valence-electron chi connectivity index (χ2n) is 7.42. The van der Waals surface area contributed by atoms with Crippen LogP contribution < -0.4 is 10.9 Å². The van der Waals surface area contributed by atoms with Gasteiger partial charge in [-0.15, -0.1) is 6.58 Å². The van der Waals surface area contributed by atoms with Crippen LogP contribution in [0.3, 0.4) is 0 Å². The van der Waals surface area contributed by atoms with Gasteiger partial charge >= 0.3 is 0 Å². The largest absolute Gasteiger partial charge is 0.366 e. The zero-order valence-electron chi connectivity index (χ0n) is 17.7. The molecule has 1 N–H and O–H groups in total. The van der Waals surface area contributed by atoms with Crippen LogP contribution >= 0.6 is 24.0 Å². The van der Waals surface area contributed by atoms with Crippen molar-refractivity contribution in [2.45, 2.75) is 19.9 Å². The first-order valence-electron chi connectivity index (χ1n) is 10.1. The Balaban J connectivity index is 1.79. The van der Waals surface area contributed by atoms with Crippen LogP contribution in [0.5, 0.6) is 0 Å². The maximum absolute atomic E-state index is 13.3. The summed E-state index contributed by atoms with van der Waals surface area (Å²) in [6.45, 7) is 7.99. The number of thioether (sulfide) groups is 1.